The van der Waals surface area contributed by atoms with Crippen LogP contribution in [0.25, 0.3) is 0 Å². The van der Waals surface area contributed by atoms with Crippen LogP contribution in [0.1, 0.15) is 42.5 Å². The molecule has 3 aliphatic rings. The first-order chi connectivity index (χ1) is 15.5. The molecule has 2 fully saturated rings. The van der Waals surface area contributed by atoms with Crippen LogP contribution >= 0.6 is 0 Å². The van der Waals surface area contributed by atoms with Crippen LogP contribution in [-0.4, -0.2) is 58.4 Å². The van der Waals surface area contributed by atoms with Gasteiger partial charge in [0.25, 0.3) is 0 Å². The number of likely N-dealkylation sites (N-methyl/N-ethyl adjacent to an activating group) is 1. The molecule has 5 rings (SSSR count). The minimum atomic E-state index is -0.191. The van der Waals surface area contributed by atoms with E-state index in [0.29, 0.717) is 11.7 Å². The Kier molecular flexibility index (Phi) is 5.61. The van der Waals surface area contributed by atoms with Crippen molar-refractivity contribution in [2.24, 2.45) is 4.99 Å². The minimum Gasteiger partial charge on any atom is -0.390 e. The van der Waals surface area contributed by atoms with Gasteiger partial charge in [-0.25, -0.2) is 9.67 Å². The molecule has 0 unspecified atom stereocenters. The number of aromatic nitrogens is 2. The third-order valence-electron chi connectivity index (χ3n) is 6.41. The molecule has 0 amide bonds. The molecule has 1 aliphatic carbocycles. The lowest BCUT2D eigenvalue weighted by molar-refractivity contribution is -0.00300. The molecule has 0 atom stereocenters. The average Bonchev–Trinajstić information content (AvgIpc) is 3.40. The van der Waals surface area contributed by atoms with E-state index in [-0.39, 0.29) is 6.10 Å². The van der Waals surface area contributed by atoms with Gasteiger partial charge in [0.1, 0.15) is 5.82 Å². The van der Waals surface area contributed by atoms with Gasteiger partial charge >= 0.3 is 0 Å². The van der Waals surface area contributed by atoms with Gasteiger partial charge < -0.3 is 15.3 Å². The minimum absolute atomic E-state index is 0.191. The lowest BCUT2D eigenvalue weighted by Gasteiger charge is -2.35. The summed E-state index contributed by atoms with van der Waals surface area (Å²) in [4.78, 5) is 9.30. The number of aliphatic hydroxyl groups is 1. The van der Waals surface area contributed by atoms with Gasteiger partial charge in [-0.1, -0.05) is 12.7 Å². The number of β-amino-alcohol motifs (C(OH)–C–C–N with tert-alkyl or cyclic N) is 1. The fourth-order valence-corrected chi connectivity index (χ4v) is 4.57. The van der Waals surface area contributed by atoms with Gasteiger partial charge in [-0.15, -0.1) is 0 Å². The SMILES string of the molecule is C=C(/N=C(\C=C/C)n1cc(CN2CC(O)C2)c(C2CC2)n1)Nc1ccc2c(c1)CCN2C. The van der Waals surface area contributed by atoms with E-state index in [2.05, 4.69) is 53.1 Å². The van der Waals surface area contributed by atoms with Crippen LogP contribution in [0, 0.1) is 0 Å². The van der Waals surface area contributed by atoms with Gasteiger partial charge in [-0.3, -0.25) is 4.90 Å². The number of hydrogen-bond acceptors (Lipinski definition) is 6. The van der Waals surface area contributed by atoms with Gasteiger partial charge in [0.2, 0.25) is 0 Å². The number of aliphatic hydroxyl groups excluding tert-OH is 1. The molecule has 168 valence electrons. The van der Waals surface area contributed by atoms with Crippen molar-refractivity contribution in [3.63, 3.8) is 0 Å². The van der Waals surface area contributed by atoms with E-state index in [9.17, 15) is 5.11 Å². The largest absolute Gasteiger partial charge is 0.390 e. The number of anilines is 2. The third kappa shape index (κ3) is 4.36. The summed E-state index contributed by atoms with van der Waals surface area (Å²) in [5.74, 6) is 1.87. The zero-order valence-electron chi connectivity index (χ0n) is 19.0. The monoisotopic (exact) mass is 432 g/mol. The predicted octanol–water partition coefficient (Wildman–Crippen LogP) is 3.34. The van der Waals surface area contributed by atoms with Crippen LogP contribution in [0.3, 0.4) is 0 Å². The van der Waals surface area contributed by atoms with E-state index in [0.717, 1.165) is 44.1 Å². The van der Waals surface area contributed by atoms with Crippen LogP contribution in [-0.2, 0) is 13.0 Å². The van der Waals surface area contributed by atoms with E-state index in [1.165, 1.54) is 35.3 Å². The molecule has 2 aliphatic heterocycles. The number of rotatable bonds is 7. The van der Waals surface area contributed by atoms with Crippen LogP contribution in [0.15, 0.2) is 53.9 Å². The molecule has 2 aromatic rings. The maximum atomic E-state index is 9.63. The van der Waals surface area contributed by atoms with E-state index in [1.807, 2.05) is 23.8 Å². The highest BCUT2D eigenvalue weighted by molar-refractivity contribution is 5.95. The molecular formula is C25H32N6O. The molecule has 0 spiro atoms. The van der Waals surface area contributed by atoms with Gasteiger partial charge in [-0.05, 0) is 56.0 Å². The average molecular weight is 433 g/mol. The zero-order chi connectivity index (χ0) is 22.2. The standard InChI is InChI=1S/C25H32N6O/c1-4-5-24(27-17(2)26-21-8-9-23-19(12-21)10-11-29(23)3)31-14-20(13-30-15-22(32)16-30)25(28-31)18-6-7-18/h4-5,8-9,12,14,18,22,26,32H,2,6-7,10-11,13,15-16H2,1,3H3/b5-4-,27-24+. The molecule has 0 bridgehead atoms. The van der Waals surface area contributed by atoms with E-state index in [1.54, 1.807) is 0 Å². The molecule has 7 heteroatoms. The lowest BCUT2D eigenvalue weighted by Crippen LogP contribution is -2.49. The Morgan fingerprint density at radius 3 is 2.88 bits per heavy atom. The molecule has 3 heterocycles. The zero-order valence-corrected chi connectivity index (χ0v) is 19.0. The summed E-state index contributed by atoms with van der Waals surface area (Å²) >= 11 is 0. The molecule has 32 heavy (non-hydrogen) atoms. The molecule has 1 aromatic carbocycles. The molecule has 0 radical (unpaired) electrons. The van der Waals surface area contributed by atoms with Crippen molar-refractivity contribution in [2.45, 2.75) is 44.8 Å². The second-order valence-corrected chi connectivity index (χ2v) is 9.16. The number of benzene rings is 1. The highest BCUT2D eigenvalue weighted by atomic mass is 16.3. The maximum Gasteiger partial charge on any atom is 0.155 e. The fourth-order valence-electron chi connectivity index (χ4n) is 4.57. The van der Waals surface area contributed by atoms with Crippen molar-refractivity contribution in [1.82, 2.24) is 14.7 Å². The predicted molar refractivity (Wildman–Crippen MR) is 129 cm³/mol. The summed E-state index contributed by atoms with van der Waals surface area (Å²) < 4.78 is 1.88. The lowest BCUT2D eigenvalue weighted by atomic mass is 10.1. The van der Waals surface area contributed by atoms with Gasteiger partial charge in [-0.2, -0.15) is 5.10 Å². The van der Waals surface area contributed by atoms with Crippen molar-refractivity contribution in [3.8, 4) is 0 Å². The Morgan fingerprint density at radius 2 is 2.16 bits per heavy atom. The Labute approximate surface area is 189 Å². The first-order valence-electron chi connectivity index (χ1n) is 11.5. The molecule has 1 saturated carbocycles. The second kappa shape index (κ2) is 8.56. The summed E-state index contributed by atoms with van der Waals surface area (Å²) in [6.45, 7) is 9.49. The van der Waals surface area contributed by atoms with Crippen LogP contribution < -0.4 is 10.2 Å². The summed E-state index contributed by atoms with van der Waals surface area (Å²) in [5.41, 5.74) is 6.06. The Bertz CT molecular complexity index is 1070. The Hall–Kier alpha value is -2.90. The second-order valence-electron chi connectivity index (χ2n) is 9.16. The first-order valence-corrected chi connectivity index (χ1v) is 11.5. The smallest absolute Gasteiger partial charge is 0.155 e. The maximum absolute atomic E-state index is 9.63. The van der Waals surface area contributed by atoms with Gasteiger partial charge in [0, 0.05) is 62.3 Å². The van der Waals surface area contributed by atoms with E-state index < -0.39 is 0 Å². The molecule has 7 nitrogen and oxygen atoms in total. The summed E-state index contributed by atoms with van der Waals surface area (Å²) in [6, 6.07) is 6.42. The first kappa shape index (κ1) is 21.0. The molecule has 1 aromatic heterocycles. The molecular weight excluding hydrogens is 400 g/mol. The number of nitrogens with one attached hydrogen (secondary N) is 1. The topological polar surface area (TPSA) is 68.9 Å². The van der Waals surface area contributed by atoms with Crippen molar-refractivity contribution >= 4 is 17.2 Å². The van der Waals surface area contributed by atoms with Crippen molar-refractivity contribution in [3.05, 3.63) is 65.8 Å². The van der Waals surface area contributed by atoms with E-state index >= 15 is 0 Å². The quantitative estimate of drug-likeness (QED) is 0.519. The van der Waals surface area contributed by atoms with E-state index in [4.69, 9.17) is 10.1 Å². The van der Waals surface area contributed by atoms with Crippen molar-refractivity contribution in [2.75, 3.05) is 36.9 Å². The molecule has 2 N–H and O–H groups in total. The number of nitrogens with zero attached hydrogens (tertiary/aromatic N) is 5. The highest BCUT2D eigenvalue weighted by Gasteiger charge is 2.32. The number of allylic oxidation sites excluding steroid dienone is 2. The fraction of sp³-hybridized carbons (Fsp3) is 0.440. The summed E-state index contributed by atoms with van der Waals surface area (Å²) in [7, 11) is 2.13. The van der Waals surface area contributed by atoms with Gasteiger partial charge in [0.15, 0.2) is 5.84 Å². The highest BCUT2D eigenvalue weighted by Crippen LogP contribution is 2.41. The summed E-state index contributed by atoms with van der Waals surface area (Å²) in [5, 5.41) is 17.9. The van der Waals surface area contributed by atoms with Crippen LogP contribution in [0.5, 0.6) is 0 Å². The Balaban J connectivity index is 1.35. The van der Waals surface area contributed by atoms with Crippen molar-refractivity contribution in [1.29, 1.82) is 0 Å². The summed E-state index contributed by atoms with van der Waals surface area (Å²) in [6.07, 6.45) is 9.30. The van der Waals surface area contributed by atoms with Crippen LogP contribution in [0.4, 0.5) is 11.4 Å². The van der Waals surface area contributed by atoms with Crippen molar-refractivity contribution < 1.29 is 5.11 Å². The number of aliphatic imine (C=N–C) groups is 1. The van der Waals surface area contributed by atoms with Crippen LogP contribution in [0.2, 0.25) is 0 Å². The normalized spacial score (nSPS) is 19.5. The Morgan fingerprint density at radius 1 is 1.34 bits per heavy atom. The third-order valence-corrected chi connectivity index (χ3v) is 6.41. The number of hydrogen-bond donors (Lipinski definition) is 2. The molecule has 1 saturated heterocycles. The number of fused-ring (bicyclic) bond motifs is 1. The number of likely N-dealkylation sites (tertiary alicyclic amines) is 1. The van der Waals surface area contributed by atoms with Gasteiger partial charge in [0.05, 0.1) is 11.8 Å².